The van der Waals surface area contributed by atoms with Crippen molar-refractivity contribution in [3.63, 3.8) is 0 Å². The molecule has 0 saturated heterocycles. The Kier molecular flexibility index (Phi) is 5.00. The van der Waals surface area contributed by atoms with E-state index in [2.05, 4.69) is 26.6 Å². The highest BCUT2D eigenvalue weighted by atomic mass is 28.3. The van der Waals surface area contributed by atoms with Gasteiger partial charge in [-0.05, 0) is 13.3 Å². The van der Waals surface area contributed by atoms with Crippen molar-refractivity contribution in [1.82, 2.24) is 0 Å². The van der Waals surface area contributed by atoms with Crippen LogP contribution in [0.2, 0.25) is 25.7 Å². The average Bonchev–Trinajstić information content (AvgIpc) is 1.78. The van der Waals surface area contributed by atoms with E-state index in [1.807, 2.05) is 0 Å². The van der Waals surface area contributed by atoms with Crippen molar-refractivity contribution < 1.29 is 4.74 Å². The van der Waals surface area contributed by atoms with Crippen LogP contribution in [0.4, 0.5) is 0 Å². The van der Waals surface area contributed by atoms with Crippen LogP contribution in [0.1, 0.15) is 13.3 Å². The van der Waals surface area contributed by atoms with Crippen LogP contribution in [-0.4, -0.2) is 21.3 Å². The van der Waals surface area contributed by atoms with Gasteiger partial charge in [-0.1, -0.05) is 25.7 Å². The largest absolute Gasteiger partial charge is 0.382 e. The maximum atomic E-state index is 5.25. The summed E-state index contributed by atoms with van der Waals surface area (Å²) in [6.45, 7) is 11.1. The third-order valence-corrected chi connectivity index (χ3v) is 3.27. The lowest BCUT2D eigenvalue weighted by molar-refractivity contribution is 0.148. The number of hydrogen-bond acceptors (Lipinski definition) is 1. The van der Waals surface area contributed by atoms with Crippen molar-refractivity contribution in [3.05, 3.63) is 0 Å². The summed E-state index contributed by atoms with van der Waals surface area (Å²) in [4.78, 5) is 0. The minimum Gasteiger partial charge on any atom is -0.382 e. The second kappa shape index (κ2) is 4.91. The Labute approximate surface area is 65.8 Å². The van der Waals surface area contributed by atoms with Gasteiger partial charge in [0.1, 0.15) is 0 Å². The Balaban J connectivity index is 3.04. The molecule has 2 heteroatoms. The summed E-state index contributed by atoms with van der Waals surface area (Å²) in [7, 11) is -0.787. The van der Waals surface area contributed by atoms with E-state index < -0.39 is 8.07 Å². The van der Waals surface area contributed by atoms with Crippen molar-refractivity contribution in [3.8, 4) is 0 Å². The molecule has 10 heavy (non-hydrogen) atoms. The highest BCUT2D eigenvalue weighted by Crippen LogP contribution is 2.10. The number of rotatable bonds is 5. The van der Waals surface area contributed by atoms with Gasteiger partial charge in [0, 0.05) is 21.3 Å². The standard InChI is InChI=1S/C8H20OSi/c1-5-9-7-6-8-10(2,3)4/h5-8H2,1-4H3. The molecule has 0 aliphatic rings. The molecular weight excluding hydrogens is 140 g/mol. The van der Waals surface area contributed by atoms with E-state index in [1.165, 1.54) is 12.5 Å². The lowest BCUT2D eigenvalue weighted by Crippen LogP contribution is -2.19. The Morgan fingerprint density at radius 1 is 1.20 bits per heavy atom. The molecule has 0 bridgehead atoms. The minimum absolute atomic E-state index is 0.787. The second-order valence-electron chi connectivity index (χ2n) is 3.86. The van der Waals surface area contributed by atoms with Gasteiger partial charge in [0.15, 0.2) is 0 Å². The van der Waals surface area contributed by atoms with Crippen LogP contribution in [0.5, 0.6) is 0 Å². The quantitative estimate of drug-likeness (QED) is 0.444. The number of hydrogen-bond donors (Lipinski definition) is 0. The summed E-state index contributed by atoms with van der Waals surface area (Å²) >= 11 is 0. The van der Waals surface area contributed by atoms with Gasteiger partial charge in [-0.15, -0.1) is 0 Å². The van der Waals surface area contributed by atoms with Crippen molar-refractivity contribution in [2.75, 3.05) is 13.2 Å². The molecule has 0 amide bonds. The van der Waals surface area contributed by atoms with Gasteiger partial charge in [0.25, 0.3) is 0 Å². The van der Waals surface area contributed by atoms with Crippen molar-refractivity contribution >= 4 is 8.07 Å². The Morgan fingerprint density at radius 2 is 1.80 bits per heavy atom. The molecule has 0 saturated carbocycles. The molecule has 0 N–H and O–H groups in total. The van der Waals surface area contributed by atoms with Crippen LogP contribution in [0, 0.1) is 0 Å². The molecule has 0 aliphatic carbocycles. The zero-order valence-corrected chi connectivity index (χ0v) is 8.74. The van der Waals surface area contributed by atoms with E-state index >= 15 is 0 Å². The molecule has 0 aromatic rings. The van der Waals surface area contributed by atoms with Crippen molar-refractivity contribution in [1.29, 1.82) is 0 Å². The summed E-state index contributed by atoms with van der Waals surface area (Å²) in [5.41, 5.74) is 0. The van der Waals surface area contributed by atoms with E-state index in [-0.39, 0.29) is 0 Å². The van der Waals surface area contributed by atoms with Gasteiger partial charge >= 0.3 is 0 Å². The SMILES string of the molecule is CCOCCC[Si](C)(C)C. The molecule has 0 radical (unpaired) electrons. The Morgan fingerprint density at radius 3 is 2.20 bits per heavy atom. The predicted molar refractivity (Wildman–Crippen MR) is 49.3 cm³/mol. The molecule has 0 fully saturated rings. The first-order valence-corrected chi connectivity index (χ1v) is 7.85. The topological polar surface area (TPSA) is 9.23 Å². The first kappa shape index (κ1) is 10.2. The fourth-order valence-electron chi connectivity index (χ4n) is 0.849. The molecule has 0 spiro atoms. The zero-order chi connectivity index (χ0) is 8.04. The van der Waals surface area contributed by atoms with Gasteiger partial charge in [-0.2, -0.15) is 0 Å². The Bertz CT molecular complexity index is 75.8. The fourth-order valence-corrected chi connectivity index (χ4v) is 2.05. The monoisotopic (exact) mass is 160 g/mol. The molecule has 0 heterocycles. The van der Waals surface area contributed by atoms with Crippen LogP contribution in [-0.2, 0) is 4.74 Å². The van der Waals surface area contributed by atoms with Crippen LogP contribution in [0.25, 0.3) is 0 Å². The smallest absolute Gasteiger partial charge is 0.0463 e. The normalized spacial score (nSPS) is 12.0. The third-order valence-electron chi connectivity index (χ3n) is 1.42. The van der Waals surface area contributed by atoms with E-state index in [4.69, 9.17) is 4.74 Å². The van der Waals surface area contributed by atoms with Gasteiger partial charge in [-0.3, -0.25) is 0 Å². The summed E-state index contributed by atoms with van der Waals surface area (Å²) < 4.78 is 5.25. The number of ether oxygens (including phenoxy) is 1. The van der Waals surface area contributed by atoms with E-state index in [9.17, 15) is 0 Å². The maximum Gasteiger partial charge on any atom is 0.0463 e. The lowest BCUT2D eigenvalue weighted by Gasteiger charge is -2.14. The van der Waals surface area contributed by atoms with Crippen LogP contribution >= 0.6 is 0 Å². The molecule has 0 aromatic carbocycles. The maximum absolute atomic E-state index is 5.25. The highest BCUT2D eigenvalue weighted by molar-refractivity contribution is 6.76. The Hall–Kier alpha value is 0.177. The van der Waals surface area contributed by atoms with Crippen molar-refractivity contribution in [2.24, 2.45) is 0 Å². The minimum atomic E-state index is -0.787. The molecule has 0 rings (SSSR count). The van der Waals surface area contributed by atoms with Gasteiger partial charge in [0.05, 0.1) is 0 Å². The first-order chi connectivity index (χ1) is 4.56. The van der Waals surface area contributed by atoms with E-state index in [1.54, 1.807) is 0 Å². The van der Waals surface area contributed by atoms with E-state index in [0.717, 1.165) is 13.2 Å². The van der Waals surface area contributed by atoms with Gasteiger partial charge in [-0.25, -0.2) is 0 Å². The summed E-state index contributed by atoms with van der Waals surface area (Å²) in [5.74, 6) is 0. The highest BCUT2D eigenvalue weighted by Gasteiger charge is 2.11. The molecule has 0 unspecified atom stereocenters. The van der Waals surface area contributed by atoms with Crippen LogP contribution in [0.3, 0.4) is 0 Å². The molecule has 1 nitrogen and oxygen atoms in total. The van der Waals surface area contributed by atoms with E-state index in [0.29, 0.717) is 0 Å². The second-order valence-corrected chi connectivity index (χ2v) is 9.48. The molecule has 62 valence electrons. The summed E-state index contributed by atoms with van der Waals surface area (Å²) in [5, 5.41) is 0. The van der Waals surface area contributed by atoms with Gasteiger partial charge in [0.2, 0.25) is 0 Å². The lowest BCUT2D eigenvalue weighted by atomic mass is 10.5. The first-order valence-electron chi connectivity index (χ1n) is 4.14. The average molecular weight is 160 g/mol. The predicted octanol–water partition coefficient (Wildman–Crippen LogP) is 2.75. The summed E-state index contributed by atoms with van der Waals surface area (Å²) in [6.07, 6.45) is 1.25. The van der Waals surface area contributed by atoms with Gasteiger partial charge < -0.3 is 4.74 Å². The zero-order valence-electron chi connectivity index (χ0n) is 7.74. The summed E-state index contributed by atoms with van der Waals surface area (Å²) in [6, 6.07) is 1.40. The molecule has 0 aliphatic heterocycles. The van der Waals surface area contributed by atoms with Crippen LogP contribution in [0.15, 0.2) is 0 Å². The molecule has 0 atom stereocenters. The molecular formula is C8H20OSi. The van der Waals surface area contributed by atoms with Crippen LogP contribution < -0.4 is 0 Å². The third kappa shape index (κ3) is 8.18. The van der Waals surface area contributed by atoms with Crippen molar-refractivity contribution in [2.45, 2.75) is 39.0 Å². The fraction of sp³-hybridized carbons (Fsp3) is 1.00. The molecule has 0 aromatic heterocycles.